The third-order valence-electron chi connectivity index (χ3n) is 3.63. The molecule has 2 rings (SSSR count). The lowest BCUT2D eigenvalue weighted by Gasteiger charge is -2.42. The molecule has 5 atom stereocenters. The summed E-state index contributed by atoms with van der Waals surface area (Å²) in [4.78, 5) is 15.0. The molecule has 1 heterocycles. The largest absolute Gasteiger partial charge is 0.467 e. The van der Waals surface area contributed by atoms with Crippen LogP contribution in [-0.4, -0.2) is 66.3 Å². The Balaban J connectivity index is 2.25. The second-order valence-electron chi connectivity index (χ2n) is 5.19. The molecule has 0 saturated carbocycles. The average molecular weight is 369 g/mol. The summed E-state index contributed by atoms with van der Waals surface area (Å²) in [5.41, 5.74) is 8.10. The fourth-order valence-corrected chi connectivity index (χ4v) is 3.53. The summed E-state index contributed by atoms with van der Waals surface area (Å²) in [6, 6.07) is 8.24. The Morgan fingerprint density at radius 2 is 2.16 bits per heavy atom. The number of thioether (sulfide) groups is 1. The zero-order chi connectivity index (χ0) is 18.2. The number of aliphatic hydroxyl groups excluding tert-OH is 2. The Kier molecular flexibility index (Phi) is 7.51. The van der Waals surface area contributed by atoms with Gasteiger partial charge in [-0.2, -0.15) is 0 Å². The maximum atomic E-state index is 11.4. The van der Waals surface area contributed by atoms with Gasteiger partial charge in [0.25, 0.3) is 0 Å². The summed E-state index contributed by atoms with van der Waals surface area (Å²) in [6.07, 6.45) is -3.11. The zero-order valence-electron chi connectivity index (χ0n) is 13.5. The average Bonchev–Trinajstić information content (AvgIpc) is 2.64. The summed E-state index contributed by atoms with van der Waals surface area (Å²) in [5, 5.41) is 23.3. The van der Waals surface area contributed by atoms with Crippen LogP contribution >= 0.6 is 11.8 Å². The van der Waals surface area contributed by atoms with Crippen molar-refractivity contribution in [3.05, 3.63) is 40.8 Å². The minimum Gasteiger partial charge on any atom is -0.467 e. The van der Waals surface area contributed by atoms with Crippen LogP contribution in [0.1, 0.15) is 0 Å². The molecule has 1 aliphatic rings. The quantitative estimate of drug-likeness (QED) is 0.318. The predicted molar refractivity (Wildman–Crippen MR) is 88.7 cm³/mol. The topological polar surface area (TPSA) is 134 Å². The van der Waals surface area contributed by atoms with Crippen molar-refractivity contribution in [1.29, 1.82) is 0 Å². The first kappa shape index (κ1) is 19.5. The van der Waals surface area contributed by atoms with Gasteiger partial charge in [-0.15, -0.1) is 0 Å². The summed E-state index contributed by atoms with van der Waals surface area (Å²) in [5.74, 6) is -0.609. The number of hydrogen-bond donors (Lipinski definition) is 2. The van der Waals surface area contributed by atoms with Crippen molar-refractivity contribution in [3.8, 4) is 0 Å². The number of esters is 1. The molecule has 0 amide bonds. The van der Waals surface area contributed by atoms with E-state index in [2.05, 4.69) is 14.8 Å². The summed E-state index contributed by atoms with van der Waals surface area (Å²) in [7, 11) is 1.22. The summed E-state index contributed by atoms with van der Waals surface area (Å²) >= 11 is 1.28. The Morgan fingerprint density at radius 1 is 1.44 bits per heavy atom. The monoisotopic (exact) mass is 369 g/mol. The van der Waals surface area contributed by atoms with Gasteiger partial charge in [0, 0.05) is 9.81 Å². The Morgan fingerprint density at radius 3 is 2.76 bits per heavy atom. The van der Waals surface area contributed by atoms with E-state index in [-0.39, 0.29) is 6.61 Å². The van der Waals surface area contributed by atoms with Gasteiger partial charge in [0.1, 0.15) is 24.3 Å². The van der Waals surface area contributed by atoms with Crippen molar-refractivity contribution in [2.75, 3.05) is 20.3 Å². The fraction of sp³-hybridized carbons (Fsp3) is 0.533. The van der Waals surface area contributed by atoms with E-state index in [1.165, 1.54) is 18.9 Å². The highest BCUT2D eigenvalue weighted by Crippen LogP contribution is 2.36. The minimum atomic E-state index is -1.27. The maximum absolute atomic E-state index is 11.4. The Hall–Kier alpha value is -1.81. The van der Waals surface area contributed by atoms with Gasteiger partial charge in [-0.05, 0) is 17.7 Å². The number of rotatable bonds is 7. The van der Waals surface area contributed by atoms with Gasteiger partial charge in [-0.3, -0.25) is 0 Å². The number of azide groups is 1. The normalized spacial score (nSPS) is 28.8. The molecule has 0 spiro atoms. The first-order chi connectivity index (χ1) is 12.1. The van der Waals surface area contributed by atoms with E-state index >= 15 is 0 Å². The van der Waals surface area contributed by atoms with Gasteiger partial charge < -0.3 is 24.4 Å². The smallest absolute Gasteiger partial charge is 0.331 e. The van der Waals surface area contributed by atoms with Gasteiger partial charge >= 0.3 is 5.97 Å². The minimum absolute atomic E-state index is 0.385. The number of hydrogen-bond acceptors (Lipinski definition) is 8. The lowest BCUT2D eigenvalue weighted by atomic mass is 9.98. The maximum Gasteiger partial charge on any atom is 0.331 e. The van der Waals surface area contributed by atoms with Crippen LogP contribution in [0.5, 0.6) is 0 Å². The van der Waals surface area contributed by atoms with E-state index in [4.69, 9.17) is 15.0 Å². The fourth-order valence-electron chi connectivity index (χ4n) is 2.38. The van der Waals surface area contributed by atoms with Gasteiger partial charge in [0.2, 0.25) is 0 Å². The van der Waals surface area contributed by atoms with Gasteiger partial charge in [-0.1, -0.05) is 35.1 Å². The van der Waals surface area contributed by atoms with Crippen LogP contribution in [0.25, 0.3) is 10.4 Å². The summed E-state index contributed by atoms with van der Waals surface area (Å²) < 4.78 is 15.8. The number of aliphatic hydroxyl groups is 2. The highest BCUT2D eigenvalue weighted by Gasteiger charge is 2.46. The van der Waals surface area contributed by atoms with Crippen LogP contribution in [0, 0.1) is 0 Å². The molecule has 1 aromatic rings. The van der Waals surface area contributed by atoms with Crippen molar-refractivity contribution in [2.45, 2.75) is 34.7 Å². The highest BCUT2D eigenvalue weighted by molar-refractivity contribution is 7.99. The number of carbonyl (C=O) groups excluding carboxylic acids is 1. The Bertz CT molecular complexity index is 613. The first-order valence-electron chi connectivity index (χ1n) is 7.49. The predicted octanol–water partition coefficient (Wildman–Crippen LogP) is 1.09. The zero-order valence-corrected chi connectivity index (χ0v) is 14.3. The van der Waals surface area contributed by atoms with Crippen LogP contribution in [0.15, 0.2) is 40.3 Å². The van der Waals surface area contributed by atoms with Gasteiger partial charge in [-0.25, -0.2) is 4.79 Å². The van der Waals surface area contributed by atoms with Crippen molar-refractivity contribution in [1.82, 2.24) is 0 Å². The molecule has 0 radical (unpaired) electrons. The molecule has 1 saturated heterocycles. The molecular formula is C15H19N3O6S. The number of nitrogens with zero attached hydrogens (tertiary/aromatic N) is 3. The highest BCUT2D eigenvalue weighted by atomic mass is 32.2. The Labute approximate surface area is 148 Å². The van der Waals surface area contributed by atoms with E-state index in [1.807, 2.05) is 30.3 Å². The number of ether oxygens (including phenoxy) is 3. The molecule has 1 aliphatic heterocycles. The molecule has 1 fully saturated rings. The molecular weight excluding hydrogens is 350 g/mol. The van der Waals surface area contributed by atoms with Crippen molar-refractivity contribution >= 4 is 17.7 Å². The van der Waals surface area contributed by atoms with E-state index in [0.717, 1.165) is 4.90 Å². The number of carbonyl (C=O) groups is 1. The second-order valence-corrected chi connectivity index (χ2v) is 6.37. The van der Waals surface area contributed by atoms with Crippen molar-refractivity contribution in [2.24, 2.45) is 5.11 Å². The third-order valence-corrected chi connectivity index (χ3v) is 4.78. The molecule has 0 bridgehead atoms. The molecule has 0 unspecified atom stereocenters. The van der Waals surface area contributed by atoms with E-state index in [1.54, 1.807) is 0 Å². The molecule has 25 heavy (non-hydrogen) atoms. The molecule has 136 valence electrons. The number of methoxy groups -OCH3 is 1. The second kappa shape index (κ2) is 9.62. The first-order valence-corrected chi connectivity index (χ1v) is 8.37. The molecule has 2 N–H and O–H groups in total. The van der Waals surface area contributed by atoms with Crippen molar-refractivity contribution < 1.29 is 29.2 Å². The molecule has 10 heteroatoms. The summed E-state index contributed by atoms with van der Waals surface area (Å²) in [6.45, 7) is -0.835. The van der Waals surface area contributed by atoms with Crippen molar-refractivity contribution in [3.63, 3.8) is 0 Å². The van der Waals surface area contributed by atoms with Crippen LogP contribution in [0.3, 0.4) is 0 Å². The standard InChI is InChI=1S/C15H19N3O6S/c1-22-11(20)8-23-14-12(17-18-16)13(21)10(7-19)24-15(14)25-9-5-3-2-4-6-9/h2-6,10,12-15,19,21H,7-8H2,1H3/t10-,12+,13+,14-,15+/m1/s1. The van der Waals surface area contributed by atoms with Gasteiger partial charge in [0.05, 0.1) is 25.9 Å². The molecule has 0 aromatic heterocycles. The van der Waals surface area contributed by atoms with E-state index in [0.29, 0.717) is 0 Å². The lowest BCUT2D eigenvalue weighted by molar-refractivity contribution is -0.182. The van der Waals surface area contributed by atoms with E-state index < -0.39 is 42.4 Å². The molecule has 9 nitrogen and oxygen atoms in total. The third kappa shape index (κ3) is 5.08. The molecule has 1 aromatic carbocycles. The van der Waals surface area contributed by atoms with Gasteiger partial charge in [0.15, 0.2) is 0 Å². The molecule has 0 aliphatic carbocycles. The van der Waals surface area contributed by atoms with Crippen LogP contribution < -0.4 is 0 Å². The SMILES string of the molecule is COC(=O)CO[C@@H]1[C@@H](N=[N+]=[N-])[C@@H](O)[C@@H](CO)O[C@H]1Sc1ccccc1. The van der Waals surface area contributed by atoms with Crippen LogP contribution in [-0.2, 0) is 19.0 Å². The lowest BCUT2D eigenvalue weighted by Crippen LogP contribution is -2.57. The van der Waals surface area contributed by atoms with E-state index in [9.17, 15) is 15.0 Å². The number of benzene rings is 1. The van der Waals surface area contributed by atoms with Crippen LogP contribution in [0.2, 0.25) is 0 Å². The van der Waals surface area contributed by atoms with Crippen LogP contribution in [0.4, 0.5) is 0 Å².